The number of nitrogens with zero attached hydrogens (tertiary/aromatic N) is 1. The highest BCUT2D eigenvalue weighted by atomic mass is 127. The van der Waals surface area contributed by atoms with Crippen LogP contribution in [0.2, 0.25) is 0 Å². The molecule has 0 aromatic heterocycles. The number of halogens is 2. The highest BCUT2D eigenvalue weighted by Crippen LogP contribution is 2.26. The Hall–Kier alpha value is -2.31. The molecule has 1 aliphatic rings. The Kier molecular flexibility index (Phi) is 7.99. The van der Waals surface area contributed by atoms with Gasteiger partial charge < -0.3 is 4.74 Å². The van der Waals surface area contributed by atoms with Crippen LogP contribution in [0.15, 0.2) is 72.3 Å². The molecule has 1 heterocycles. The number of hydrogen-bond acceptors (Lipinski definition) is 4. The Morgan fingerprint density at radius 2 is 1.65 bits per heavy atom. The summed E-state index contributed by atoms with van der Waals surface area (Å²) in [7, 11) is 0. The largest absolute Gasteiger partial charge is 0.488 e. The van der Waals surface area contributed by atoms with Gasteiger partial charge in [-0.1, -0.05) is 37.3 Å². The summed E-state index contributed by atoms with van der Waals surface area (Å²) in [5, 5.41) is 2.70. The molecular formula is C26H20I2N2O3S. The fraction of sp³-hybridized carbons (Fsp3) is 0.115. The van der Waals surface area contributed by atoms with Crippen molar-refractivity contribution in [1.82, 2.24) is 5.32 Å². The number of hydrogen-bond donors (Lipinski definition) is 1. The first-order valence-corrected chi connectivity index (χ1v) is 13.1. The molecule has 1 fully saturated rings. The lowest BCUT2D eigenvalue weighted by atomic mass is 10.1. The third kappa shape index (κ3) is 5.66. The Balaban J connectivity index is 1.54. The van der Waals surface area contributed by atoms with E-state index in [9.17, 15) is 9.59 Å². The van der Waals surface area contributed by atoms with E-state index in [0.717, 1.165) is 32.4 Å². The molecule has 0 unspecified atom stereocenters. The van der Waals surface area contributed by atoms with Crippen LogP contribution >= 0.6 is 57.4 Å². The van der Waals surface area contributed by atoms with E-state index in [1.807, 2.05) is 66.7 Å². The molecule has 0 saturated carbocycles. The first kappa shape index (κ1) is 24.8. The number of amides is 2. The van der Waals surface area contributed by atoms with E-state index in [0.29, 0.717) is 12.3 Å². The molecule has 1 saturated heterocycles. The SMILES string of the molecule is CCc1ccc(N2C(=O)/C(=C/c3ccc(OCc4ccc(I)cc4)c(I)c3)C(=O)NC2=S)cc1. The van der Waals surface area contributed by atoms with Crippen LogP contribution in [-0.4, -0.2) is 16.9 Å². The van der Waals surface area contributed by atoms with Gasteiger partial charge in [-0.2, -0.15) is 0 Å². The predicted molar refractivity (Wildman–Crippen MR) is 155 cm³/mol. The van der Waals surface area contributed by atoms with E-state index in [-0.39, 0.29) is 10.7 Å². The summed E-state index contributed by atoms with van der Waals surface area (Å²) < 4.78 is 8.01. The van der Waals surface area contributed by atoms with Crippen LogP contribution in [0.1, 0.15) is 23.6 Å². The minimum atomic E-state index is -0.509. The Morgan fingerprint density at radius 3 is 2.29 bits per heavy atom. The average Bonchev–Trinajstić information content (AvgIpc) is 2.82. The van der Waals surface area contributed by atoms with Crippen LogP contribution in [0.25, 0.3) is 6.08 Å². The van der Waals surface area contributed by atoms with Crippen molar-refractivity contribution in [1.29, 1.82) is 0 Å². The summed E-state index contributed by atoms with van der Waals surface area (Å²) in [6.45, 7) is 2.52. The van der Waals surface area contributed by atoms with Crippen LogP contribution in [-0.2, 0) is 22.6 Å². The molecule has 2 amide bonds. The minimum absolute atomic E-state index is 0.0246. The topological polar surface area (TPSA) is 58.6 Å². The molecule has 3 aromatic carbocycles. The number of rotatable bonds is 6. The van der Waals surface area contributed by atoms with E-state index in [2.05, 4.69) is 57.4 Å². The zero-order valence-corrected chi connectivity index (χ0v) is 23.3. The van der Waals surface area contributed by atoms with Gasteiger partial charge in [-0.25, -0.2) is 0 Å². The number of carbonyl (C=O) groups is 2. The van der Waals surface area contributed by atoms with Crippen molar-refractivity contribution in [3.05, 3.63) is 96.1 Å². The smallest absolute Gasteiger partial charge is 0.270 e. The quantitative estimate of drug-likeness (QED) is 0.152. The van der Waals surface area contributed by atoms with Gasteiger partial charge in [0.1, 0.15) is 17.9 Å². The molecule has 172 valence electrons. The molecule has 1 N–H and O–H groups in total. The molecular weight excluding hydrogens is 674 g/mol. The van der Waals surface area contributed by atoms with Crippen LogP contribution in [0.5, 0.6) is 5.75 Å². The van der Waals surface area contributed by atoms with Gasteiger partial charge >= 0.3 is 0 Å². The molecule has 0 aliphatic carbocycles. The second-order valence-electron chi connectivity index (χ2n) is 7.58. The van der Waals surface area contributed by atoms with E-state index < -0.39 is 11.8 Å². The zero-order valence-electron chi connectivity index (χ0n) is 18.2. The van der Waals surface area contributed by atoms with Crippen molar-refractivity contribution in [3.8, 4) is 5.75 Å². The van der Waals surface area contributed by atoms with Crippen LogP contribution < -0.4 is 15.0 Å². The van der Waals surface area contributed by atoms with Gasteiger partial charge in [-0.05, 0) is 123 Å². The summed E-state index contributed by atoms with van der Waals surface area (Å²) in [4.78, 5) is 27.2. The average molecular weight is 694 g/mol. The number of nitrogens with one attached hydrogen (secondary N) is 1. The predicted octanol–water partition coefficient (Wildman–Crippen LogP) is 5.87. The Bertz CT molecular complexity index is 1290. The second-order valence-corrected chi connectivity index (χ2v) is 10.4. The summed E-state index contributed by atoms with van der Waals surface area (Å²) in [6, 6.07) is 21.3. The number of benzene rings is 3. The van der Waals surface area contributed by atoms with Crippen LogP contribution in [0.4, 0.5) is 5.69 Å². The van der Waals surface area contributed by atoms with E-state index in [1.165, 1.54) is 8.47 Å². The summed E-state index contributed by atoms with van der Waals surface area (Å²) in [5.74, 6) is -0.225. The van der Waals surface area contributed by atoms with Gasteiger partial charge in [0.25, 0.3) is 11.8 Å². The van der Waals surface area contributed by atoms with Crippen LogP contribution in [0.3, 0.4) is 0 Å². The normalized spacial score (nSPS) is 15.0. The van der Waals surface area contributed by atoms with Gasteiger partial charge in [0.15, 0.2) is 5.11 Å². The third-order valence-corrected chi connectivity index (χ3v) is 7.13. The molecule has 0 spiro atoms. The maximum Gasteiger partial charge on any atom is 0.270 e. The first-order chi connectivity index (χ1) is 16.4. The summed E-state index contributed by atoms with van der Waals surface area (Å²) >= 11 is 9.74. The molecule has 3 aromatic rings. The van der Waals surface area contributed by atoms with E-state index in [4.69, 9.17) is 17.0 Å². The van der Waals surface area contributed by atoms with Gasteiger partial charge in [0.05, 0.1) is 9.26 Å². The number of aryl methyl sites for hydroxylation is 1. The molecule has 34 heavy (non-hydrogen) atoms. The van der Waals surface area contributed by atoms with Gasteiger partial charge in [0, 0.05) is 3.57 Å². The zero-order chi connectivity index (χ0) is 24.2. The molecule has 0 atom stereocenters. The van der Waals surface area contributed by atoms with Crippen molar-refractivity contribution in [2.24, 2.45) is 0 Å². The molecule has 0 radical (unpaired) electrons. The summed E-state index contributed by atoms with van der Waals surface area (Å²) in [5.41, 5.74) is 3.59. The molecule has 0 bridgehead atoms. The lowest BCUT2D eigenvalue weighted by molar-refractivity contribution is -0.122. The van der Waals surface area contributed by atoms with E-state index in [1.54, 1.807) is 6.08 Å². The second kappa shape index (κ2) is 11.0. The van der Waals surface area contributed by atoms with Crippen molar-refractivity contribution in [3.63, 3.8) is 0 Å². The van der Waals surface area contributed by atoms with Crippen LogP contribution in [0, 0.1) is 7.14 Å². The van der Waals surface area contributed by atoms with Crippen molar-refractivity contribution in [2.45, 2.75) is 20.0 Å². The van der Waals surface area contributed by atoms with Gasteiger partial charge in [0.2, 0.25) is 0 Å². The standard InChI is InChI=1S/C26H20I2N2O3S/c1-2-16-5-10-20(11-6-16)30-25(32)21(24(31)29-26(30)34)13-18-7-12-23(22(28)14-18)33-15-17-3-8-19(27)9-4-17/h3-14H,2,15H2,1H3,(H,29,31,34)/b21-13+. The van der Waals surface area contributed by atoms with Crippen molar-refractivity contribution < 1.29 is 14.3 Å². The van der Waals surface area contributed by atoms with Crippen molar-refractivity contribution in [2.75, 3.05) is 4.90 Å². The Labute approximate surface area is 230 Å². The highest BCUT2D eigenvalue weighted by molar-refractivity contribution is 14.1. The molecule has 4 rings (SSSR count). The fourth-order valence-electron chi connectivity index (χ4n) is 3.40. The minimum Gasteiger partial charge on any atom is -0.488 e. The maximum atomic E-state index is 13.2. The summed E-state index contributed by atoms with van der Waals surface area (Å²) in [6.07, 6.45) is 2.47. The Morgan fingerprint density at radius 1 is 0.971 bits per heavy atom. The molecule has 8 heteroatoms. The molecule has 5 nitrogen and oxygen atoms in total. The van der Waals surface area contributed by atoms with Gasteiger partial charge in [-0.15, -0.1) is 0 Å². The lowest BCUT2D eigenvalue weighted by Gasteiger charge is -2.29. The number of ether oxygens (including phenoxy) is 1. The van der Waals surface area contributed by atoms with Gasteiger partial charge in [-0.3, -0.25) is 19.8 Å². The number of thiocarbonyl (C=S) groups is 1. The maximum absolute atomic E-state index is 13.2. The molecule has 1 aliphatic heterocycles. The lowest BCUT2D eigenvalue weighted by Crippen LogP contribution is -2.54. The van der Waals surface area contributed by atoms with E-state index >= 15 is 0 Å². The number of carbonyl (C=O) groups excluding carboxylic acids is 2. The van der Waals surface area contributed by atoms with Crippen molar-refractivity contribution >= 4 is 86.1 Å². The first-order valence-electron chi connectivity index (χ1n) is 10.5. The third-order valence-electron chi connectivity index (χ3n) is 5.28. The fourth-order valence-corrected chi connectivity index (χ4v) is 4.74. The number of anilines is 1. The monoisotopic (exact) mass is 694 g/mol. The highest BCUT2D eigenvalue weighted by Gasteiger charge is 2.34.